The predicted molar refractivity (Wildman–Crippen MR) is 70.3 cm³/mol. The molecular formula is C14H24N2O2. The van der Waals surface area contributed by atoms with Crippen LogP contribution in [0.25, 0.3) is 0 Å². The molecule has 0 aromatic carbocycles. The molecule has 4 nitrogen and oxygen atoms in total. The van der Waals surface area contributed by atoms with Gasteiger partial charge in [0.05, 0.1) is 12.3 Å². The fraction of sp³-hybridized carbons (Fsp3) is 0.786. The average Bonchev–Trinajstić information content (AvgIpc) is 2.71. The normalized spacial score (nSPS) is 17.6. The molecule has 102 valence electrons. The Hall–Kier alpha value is -0.870. The Morgan fingerprint density at radius 3 is 2.56 bits per heavy atom. The highest BCUT2D eigenvalue weighted by Gasteiger charge is 2.23. The van der Waals surface area contributed by atoms with Gasteiger partial charge in [-0.1, -0.05) is 24.4 Å². The van der Waals surface area contributed by atoms with Gasteiger partial charge in [0, 0.05) is 24.7 Å². The molecule has 1 aromatic rings. The highest BCUT2D eigenvalue weighted by molar-refractivity contribution is 5.20. The van der Waals surface area contributed by atoms with Crippen molar-refractivity contribution in [1.82, 2.24) is 10.1 Å². The molecule has 0 bridgehead atoms. The SMILES string of the molecule is Cc1noc(C)c1CN(CCO)C1CCCCC1. The summed E-state index contributed by atoms with van der Waals surface area (Å²) in [6.45, 7) is 5.78. The van der Waals surface area contributed by atoms with Crippen molar-refractivity contribution in [1.29, 1.82) is 0 Å². The van der Waals surface area contributed by atoms with Crippen LogP contribution in [-0.2, 0) is 6.54 Å². The maximum atomic E-state index is 9.25. The van der Waals surface area contributed by atoms with Crippen molar-refractivity contribution in [2.24, 2.45) is 0 Å². The smallest absolute Gasteiger partial charge is 0.138 e. The molecule has 1 N–H and O–H groups in total. The lowest BCUT2D eigenvalue weighted by atomic mass is 9.93. The van der Waals surface area contributed by atoms with E-state index in [1.807, 2.05) is 13.8 Å². The second-order valence-electron chi connectivity index (χ2n) is 5.29. The van der Waals surface area contributed by atoms with Crippen LogP contribution >= 0.6 is 0 Å². The third-order valence-electron chi connectivity index (χ3n) is 4.02. The number of hydrogen-bond acceptors (Lipinski definition) is 4. The van der Waals surface area contributed by atoms with Gasteiger partial charge < -0.3 is 9.63 Å². The highest BCUT2D eigenvalue weighted by atomic mass is 16.5. The minimum Gasteiger partial charge on any atom is -0.395 e. The van der Waals surface area contributed by atoms with E-state index in [9.17, 15) is 5.11 Å². The standard InChI is InChI=1S/C14H24N2O2/c1-11-14(12(2)18-15-11)10-16(8-9-17)13-6-4-3-5-7-13/h13,17H,3-10H2,1-2H3. The molecular weight excluding hydrogens is 228 g/mol. The Kier molecular flexibility index (Phi) is 4.78. The number of aliphatic hydroxyl groups is 1. The van der Waals surface area contributed by atoms with Crippen molar-refractivity contribution < 1.29 is 9.63 Å². The van der Waals surface area contributed by atoms with Gasteiger partial charge in [0.2, 0.25) is 0 Å². The van der Waals surface area contributed by atoms with Gasteiger partial charge in [-0.3, -0.25) is 4.90 Å². The number of aromatic nitrogens is 1. The summed E-state index contributed by atoms with van der Waals surface area (Å²) in [5, 5.41) is 13.3. The topological polar surface area (TPSA) is 49.5 Å². The molecule has 4 heteroatoms. The maximum Gasteiger partial charge on any atom is 0.138 e. The van der Waals surface area contributed by atoms with Crippen molar-refractivity contribution in [3.63, 3.8) is 0 Å². The zero-order valence-corrected chi connectivity index (χ0v) is 11.5. The second kappa shape index (κ2) is 6.34. The van der Waals surface area contributed by atoms with E-state index < -0.39 is 0 Å². The number of rotatable bonds is 5. The molecule has 0 amide bonds. The summed E-state index contributed by atoms with van der Waals surface area (Å²) in [4.78, 5) is 2.39. The number of nitrogens with zero attached hydrogens (tertiary/aromatic N) is 2. The van der Waals surface area contributed by atoms with Crippen LogP contribution in [0.4, 0.5) is 0 Å². The van der Waals surface area contributed by atoms with Gasteiger partial charge in [-0.15, -0.1) is 0 Å². The molecule has 0 aliphatic heterocycles. The van der Waals surface area contributed by atoms with Crippen molar-refractivity contribution in [2.45, 2.75) is 58.5 Å². The lowest BCUT2D eigenvalue weighted by Gasteiger charge is -2.33. The highest BCUT2D eigenvalue weighted by Crippen LogP contribution is 2.25. The Bertz CT molecular complexity index is 350. The van der Waals surface area contributed by atoms with Gasteiger partial charge in [-0.25, -0.2) is 0 Å². The quantitative estimate of drug-likeness (QED) is 0.874. The molecule has 1 saturated carbocycles. The van der Waals surface area contributed by atoms with E-state index in [0.29, 0.717) is 6.04 Å². The van der Waals surface area contributed by atoms with Crippen LogP contribution in [0, 0.1) is 13.8 Å². The lowest BCUT2D eigenvalue weighted by molar-refractivity contribution is 0.116. The van der Waals surface area contributed by atoms with Crippen LogP contribution in [0.15, 0.2) is 4.52 Å². The minimum absolute atomic E-state index is 0.222. The third-order valence-corrected chi connectivity index (χ3v) is 4.02. The zero-order chi connectivity index (χ0) is 13.0. The van der Waals surface area contributed by atoms with Crippen LogP contribution in [0.2, 0.25) is 0 Å². The molecule has 0 radical (unpaired) electrons. The summed E-state index contributed by atoms with van der Waals surface area (Å²) in [7, 11) is 0. The molecule has 0 saturated heterocycles. The van der Waals surface area contributed by atoms with Gasteiger partial charge in [-0.2, -0.15) is 0 Å². The van der Waals surface area contributed by atoms with Gasteiger partial charge >= 0.3 is 0 Å². The molecule has 1 heterocycles. The van der Waals surface area contributed by atoms with E-state index >= 15 is 0 Å². The average molecular weight is 252 g/mol. The van der Waals surface area contributed by atoms with Crippen molar-refractivity contribution in [2.75, 3.05) is 13.2 Å². The molecule has 0 unspecified atom stereocenters. The summed E-state index contributed by atoms with van der Waals surface area (Å²) in [5.74, 6) is 0.909. The third kappa shape index (κ3) is 3.12. The maximum absolute atomic E-state index is 9.25. The van der Waals surface area contributed by atoms with E-state index in [-0.39, 0.29) is 6.61 Å². The summed E-state index contributed by atoms with van der Waals surface area (Å²) < 4.78 is 5.22. The van der Waals surface area contributed by atoms with Crippen LogP contribution in [0.5, 0.6) is 0 Å². The van der Waals surface area contributed by atoms with Gasteiger partial charge in [0.25, 0.3) is 0 Å². The number of hydrogen-bond donors (Lipinski definition) is 1. The van der Waals surface area contributed by atoms with E-state index in [1.54, 1.807) is 0 Å². The van der Waals surface area contributed by atoms with Crippen molar-refractivity contribution >= 4 is 0 Å². The van der Waals surface area contributed by atoms with Gasteiger partial charge in [0.1, 0.15) is 5.76 Å². The Balaban J connectivity index is 2.05. The Morgan fingerprint density at radius 2 is 2.00 bits per heavy atom. The summed E-state index contributed by atoms with van der Waals surface area (Å²) in [5.41, 5.74) is 2.17. The summed E-state index contributed by atoms with van der Waals surface area (Å²) in [6, 6.07) is 0.611. The molecule has 1 aromatic heterocycles. The molecule has 18 heavy (non-hydrogen) atoms. The Morgan fingerprint density at radius 1 is 1.28 bits per heavy atom. The van der Waals surface area contributed by atoms with E-state index in [4.69, 9.17) is 4.52 Å². The molecule has 1 aliphatic carbocycles. The minimum atomic E-state index is 0.222. The van der Waals surface area contributed by atoms with Gasteiger partial charge in [-0.05, 0) is 26.7 Å². The fourth-order valence-electron chi connectivity index (χ4n) is 2.90. The first-order valence-corrected chi connectivity index (χ1v) is 6.99. The number of aryl methyl sites for hydroxylation is 2. The monoisotopic (exact) mass is 252 g/mol. The Labute approximate surface area is 109 Å². The van der Waals surface area contributed by atoms with Crippen molar-refractivity contribution in [3.05, 3.63) is 17.0 Å². The fourth-order valence-corrected chi connectivity index (χ4v) is 2.90. The molecule has 0 atom stereocenters. The first kappa shape index (κ1) is 13.6. The molecule has 1 aliphatic rings. The lowest BCUT2D eigenvalue weighted by Crippen LogP contribution is -2.38. The first-order valence-electron chi connectivity index (χ1n) is 6.99. The van der Waals surface area contributed by atoms with Gasteiger partial charge in [0.15, 0.2) is 0 Å². The molecule has 0 spiro atoms. The van der Waals surface area contributed by atoms with E-state index in [1.165, 1.54) is 37.7 Å². The second-order valence-corrected chi connectivity index (χ2v) is 5.29. The summed E-state index contributed by atoms with van der Waals surface area (Å²) >= 11 is 0. The number of aliphatic hydroxyl groups excluding tert-OH is 1. The van der Waals surface area contributed by atoms with E-state index in [2.05, 4.69) is 10.1 Å². The largest absolute Gasteiger partial charge is 0.395 e. The summed E-state index contributed by atoms with van der Waals surface area (Å²) in [6.07, 6.45) is 6.49. The van der Waals surface area contributed by atoms with E-state index in [0.717, 1.165) is 24.5 Å². The van der Waals surface area contributed by atoms with Crippen LogP contribution in [0.3, 0.4) is 0 Å². The predicted octanol–water partition coefficient (Wildman–Crippen LogP) is 2.42. The zero-order valence-electron chi connectivity index (χ0n) is 11.5. The van der Waals surface area contributed by atoms with Crippen LogP contribution < -0.4 is 0 Å². The first-order chi connectivity index (χ1) is 8.72. The molecule has 2 rings (SSSR count). The van der Waals surface area contributed by atoms with Crippen LogP contribution in [0.1, 0.15) is 49.1 Å². The molecule has 1 fully saturated rings. The van der Waals surface area contributed by atoms with Crippen LogP contribution in [-0.4, -0.2) is 34.4 Å². The van der Waals surface area contributed by atoms with Crippen molar-refractivity contribution in [3.8, 4) is 0 Å².